The van der Waals surface area contributed by atoms with E-state index in [1.807, 2.05) is 24.3 Å². The summed E-state index contributed by atoms with van der Waals surface area (Å²) in [5, 5.41) is 1.57. The Kier molecular flexibility index (Phi) is 5.13. The predicted octanol–water partition coefficient (Wildman–Crippen LogP) is 3.50. The first kappa shape index (κ1) is 18.7. The highest BCUT2D eigenvalue weighted by molar-refractivity contribution is 7.90. The van der Waals surface area contributed by atoms with Crippen molar-refractivity contribution in [2.45, 2.75) is 30.2 Å². The summed E-state index contributed by atoms with van der Waals surface area (Å²) in [7, 11) is -1.72. The average Bonchev–Trinajstić information content (AvgIpc) is 3.34. The van der Waals surface area contributed by atoms with Crippen LogP contribution >= 0.6 is 11.6 Å². The molecule has 0 amide bonds. The van der Waals surface area contributed by atoms with Gasteiger partial charge in [-0.25, -0.2) is 13.1 Å². The van der Waals surface area contributed by atoms with Gasteiger partial charge in [-0.15, -0.1) is 0 Å². The van der Waals surface area contributed by atoms with Crippen LogP contribution in [0.25, 0.3) is 0 Å². The lowest BCUT2D eigenvalue weighted by molar-refractivity contribution is -0.110. The van der Waals surface area contributed by atoms with Gasteiger partial charge in [0.2, 0.25) is 10.0 Å². The summed E-state index contributed by atoms with van der Waals surface area (Å²) in [6, 6.07) is 14.2. The van der Waals surface area contributed by atoms with Gasteiger partial charge >= 0.3 is 0 Å². The van der Waals surface area contributed by atoms with E-state index in [0.717, 1.165) is 18.4 Å². The molecule has 1 aliphatic heterocycles. The highest BCUT2D eigenvalue weighted by atomic mass is 35.5. The number of benzene rings is 2. The molecule has 1 saturated heterocycles. The van der Waals surface area contributed by atoms with Crippen molar-refractivity contribution in [1.82, 2.24) is 9.79 Å². The first-order chi connectivity index (χ1) is 12.9. The van der Waals surface area contributed by atoms with E-state index in [0.29, 0.717) is 16.5 Å². The molecule has 2 aliphatic rings. The van der Waals surface area contributed by atoms with Crippen LogP contribution in [0.5, 0.6) is 11.5 Å². The van der Waals surface area contributed by atoms with Gasteiger partial charge in [0.1, 0.15) is 16.7 Å². The summed E-state index contributed by atoms with van der Waals surface area (Å²) in [6.07, 6.45) is 1.80. The highest BCUT2D eigenvalue weighted by Gasteiger charge is 2.45. The summed E-state index contributed by atoms with van der Waals surface area (Å²) < 4.78 is 34.2. The molecule has 1 N–H and O–H groups in total. The van der Waals surface area contributed by atoms with E-state index < -0.39 is 21.3 Å². The Morgan fingerprint density at radius 2 is 1.89 bits per heavy atom. The molecule has 1 saturated carbocycles. The van der Waals surface area contributed by atoms with E-state index in [9.17, 15) is 8.42 Å². The molecule has 0 spiro atoms. The number of nitrogens with one attached hydrogen (secondary N) is 1. The normalized spacial score (nSPS) is 23.5. The van der Waals surface area contributed by atoms with Gasteiger partial charge in [-0.1, -0.05) is 23.7 Å². The minimum atomic E-state index is -3.48. The van der Waals surface area contributed by atoms with Crippen molar-refractivity contribution >= 4 is 21.6 Å². The zero-order valence-electron chi connectivity index (χ0n) is 14.8. The van der Waals surface area contributed by atoms with Gasteiger partial charge in [-0.3, -0.25) is 4.84 Å². The molecule has 0 radical (unpaired) electrons. The number of rotatable bonds is 6. The molecular formula is C19H21ClN2O4S. The molecule has 1 heterocycles. The Morgan fingerprint density at radius 1 is 1.15 bits per heavy atom. The van der Waals surface area contributed by atoms with Crippen molar-refractivity contribution in [2.24, 2.45) is 0 Å². The second-order valence-corrected chi connectivity index (χ2v) is 9.26. The third-order valence-electron chi connectivity index (χ3n) is 4.74. The molecule has 2 aromatic rings. The molecule has 144 valence electrons. The summed E-state index contributed by atoms with van der Waals surface area (Å²) in [5.74, 6) is 1.29. The molecule has 2 unspecified atom stereocenters. The Labute approximate surface area is 164 Å². The molecule has 0 aromatic heterocycles. The van der Waals surface area contributed by atoms with Crippen LogP contribution in [-0.2, 0) is 14.9 Å². The number of nitrogens with zero attached hydrogens (tertiary/aromatic N) is 1. The van der Waals surface area contributed by atoms with Crippen molar-refractivity contribution in [3.05, 3.63) is 59.1 Å². The van der Waals surface area contributed by atoms with Crippen LogP contribution in [0.15, 0.2) is 48.5 Å². The smallest absolute Gasteiger partial charge is 0.219 e. The van der Waals surface area contributed by atoms with Crippen molar-refractivity contribution in [2.75, 3.05) is 13.7 Å². The summed E-state index contributed by atoms with van der Waals surface area (Å²) in [5.41, 5.74) is 0.827. The summed E-state index contributed by atoms with van der Waals surface area (Å²) in [6.45, 7) is 0.130. The van der Waals surface area contributed by atoms with Crippen LogP contribution in [0.4, 0.5) is 0 Å². The highest BCUT2D eigenvalue weighted by Crippen LogP contribution is 2.36. The lowest BCUT2D eigenvalue weighted by Gasteiger charge is -2.23. The minimum Gasteiger partial charge on any atom is -0.457 e. The Hall–Kier alpha value is -1.64. The SMILES string of the molecule is CN1OCC(S(=O)(=O)NC2CC2)C1c1cccc(Oc2ccc(Cl)cc2)c1. The second-order valence-electron chi connectivity index (χ2n) is 6.89. The molecule has 2 fully saturated rings. The Balaban J connectivity index is 1.58. The fourth-order valence-corrected chi connectivity index (χ4v) is 5.11. The first-order valence-electron chi connectivity index (χ1n) is 8.83. The molecule has 1 aliphatic carbocycles. The zero-order valence-corrected chi connectivity index (χ0v) is 16.4. The van der Waals surface area contributed by atoms with E-state index in [1.165, 1.54) is 0 Å². The number of hydrogen-bond donors (Lipinski definition) is 1. The van der Waals surface area contributed by atoms with Gasteiger partial charge < -0.3 is 4.74 Å². The van der Waals surface area contributed by atoms with Gasteiger partial charge in [-0.2, -0.15) is 5.06 Å². The van der Waals surface area contributed by atoms with Gasteiger partial charge in [0.15, 0.2) is 0 Å². The maximum Gasteiger partial charge on any atom is 0.219 e. The lowest BCUT2D eigenvalue weighted by atomic mass is 10.0. The molecule has 2 aromatic carbocycles. The van der Waals surface area contributed by atoms with E-state index in [4.69, 9.17) is 21.2 Å². The Bertz CT molecular complexity index is 916. The van der Waals surface area contributed by atoms with E-state index in [2.05, 4.69) is 4.72 Å². The molecule has 4 rings (SSSR count). The van der Waals surface area contributed by atoms with Crippen molar-refractivity contribution in [3.63, 3.8) is 0 Å². The van der Waals surface area contributed by atoms with Crippen molar-refractivity contribution in [1.29, 1.82) is 0 Å². The zero-order chi connectivity index (χ0) is 19.0. The lowest BCUT2D eigenvalue weighted by Crippen LogP contribution is -2.40. The summed E-state index contributed by atoms with van der Waals surface area (Å²) >= 11 is 5.90. The Morgan fingerprint density at radius 3 is 2.59 bits per heavy atom. The van der Waals surface area contributed by atoms with E-state index in [-0.39, 0.29) is 12.6 Å². The maximum absolute atomic E-state index is 12.8. The first-order valence-corrected chi connectivity index (χ1v) is 10.7. The number of sulfonamides is 1. The van der Waals surface area contributed by atoms with Crippen LogP contribution in [0.2, 0.25) is 5.02 Å². The quantitative estimate of drug-likeness (QED) is 0.792. The average molecular weight is 409 g/mol. The summed E-state index contributed by atoms with van der Waals surface area (Å²) in [4.78, 5) is 5.55. The van der Waals surface area contributed by atoms with Crippen LogP contribution in [0.1, 0.15) is 24.4 Å². The van der Waals surface area contributed by atoms with Crippen LogP contribution < -0.4 is 9.46 Å². The van der Waals surface area contributed by atoms with E-state index in [1.54, 1.807) is 36.4 Å². The van der Waals surface area contributed by atoms with Crippen LogP contribution in [-0.4, -0.2) is 38.4 Å². The third-order valence-corrected chi connectivity index (χ3v) is 6.85. The van der Waals surface area contributed by atoms with Crippen molar-refractivity contribution < 1.29 is 18.0 Å². The topological polar surface area (TPSA) is 67.9 Å². The fourth-order valence-electron chi connectivity index (χ4n) is 3.20. The molecule has 2 atom stereocenters. The largest absolute Gasteiger partial charge is 0.457 e. The van der Waals surface area contributed by atoms with Crippen LogP contribution in [0.3, 0.4) is 0 Å². The second kappa shape index (κ2) is 7.41. The molecular weight excluding hydrogens is 388 g/mol. The van der Waals surface area contributed by atoms with E-state index >= 15 is 0 Å². The van der Waals surface area contributed by atoms with Crippen LogP contribution in [0, 0.1) is 0 Å². The minimum absolute atomic E-state index is 0.0705. The van der Waals surface area contributed by atoms with Gasteiger partial charge in [-0.05, 0) is 54.8 Å². The standard InChI is InChI=1S/C19H21ClN2O4S/c1-22-19(18(12-25-22)27(23,24)21-15-7-8-15)13-3-2-4-17(11-13)26-16-9-5-14(20)6-10-16/h2-6,9-11,15,18-19,21H,7-8,12H2,1H3. The maximum atomic E-state index is 12.8. The van der Waals surface area contributed by atoms with Crippen molar-refractivity contribution in [3.8, 4) is 11.5 Å². The molecule has 27 heavy (non-hydrogen) atoms. The van der Waals surface area contributed by atoms with Gasteiger partial charge in [0, 0.05) is 18.1 Å². The predicted molar refractivity (Wildman–Crippen MR) is 103 cm³/mol. The molecule has 8 heteroatoms. The fraction of sp³-hybridized carbons (Fsp3) is 0.368. The van der Waals surface area contributed by atoms with Gasteiger partial charge in [0.25, 0.3) is 0 Å². The molecule has 6 nitrogen and oxygen atoms in total. The molecule has 0 bridgehead atoms. The number of hydrogen-bond acceptors (Lipinski definition) is 5. The number of ether oxygens (including phenoxy) is 1. The monoisotopic (exact) mass is 408 g/mol. The number of halogens is 1. The number of hydroxylamine groups is 2. The third kappa shape index (κ3) is 4.28. The van der Waals surface area contributed by atoms with Gasteiger partial charge in [0.05, 0.1) is 12.6 Å².